The van der Waals surface area contributed by atoms with Crippen molar-refractivity contribution < 1.29 is 19.1 Å². The number of unbranched alkanes of at least 4 members (excludes halogenated alkanes) is 2. The standard InChI is InChI=1S/C15H25NO4S/c1-12(17)7-4-3-5-8-16-14(18)11-13(15(16)19)21-10-6-9-20-2/h13H,3-11H2,1-2H3. The van der Waals surface area contributed by atoms with Crippen LogP contribution in [0.3, 0.4) is 0 Å². The van der Waals surface area contributed by atoms with Crippen LogP contribution in [0.15, 0.2) is 0 Å². The number of methoxy groups -OCH3 is 1. The largest absolute Gasteiger partial charge is 0.385 e. The summed E-state index contributed by atoms with van der Waals surface area (Å²) in [5.41, 5.74) is 0. The maximum absolute atomic E-state index is 12.2. The first-order valence-corrected chi connectivity index (χ1v) is 8.55. The average molecular weight is 315 g/mol. The van der Waals surface area contributed by atoms with Gasteiger partial charge in [0.25, 0.3) is 0 Å². The summed E-state index contributed by atoms with van der Waals surface area (Å²) in [6, 6.07) is 0. The molecular weight excluding hydrogens is 290 g/mol. The lowest BCUT2D eigenvalue weighted by Crippen LogP contribution is -2.32. The monoisotopic (exact) mass is 315 g/mol. The van der Waals surface area contributed by atoms with Crippen LogP contribution in [0.5, 0.6) is 0 Å². The number of hydrogen-bond donors (Lipinski definition) is 0. The zero-order valence-electron chi connectivity index (χ0n) is 12.9. The van der Waals surface area contributed by atoms with Gasteiger partial charge in [-0.05, 0) is 31.9 Å². The molecule has 5 nitrogen and oxygen atoms in total. The van der Waals surface area contributed by atoms with Crippen molar-refractivity contribution in [1.82, 2.24) is 4.90 Å². The van der Waals surface area contributed by atoms with Gasteiger partial charge in [0.1, 0.15) is 5.78 Å². The van der Waals surface area contributed by atoms with Crippen LogP contribution in [-0.2, 0) is 19.1 Å². The summed E-state index contributed by atoms with van der Waals surface area (Å²) in [6.07, 6.45) is 4.29. The van der Waals surface area contributed by atoms with Gasteiger partial charge in [-0.3, -0.25) is 14.5 Å². The van der Waals surface area contributed by atoms with Crippen LogP contribution in [-0.4, -0.2) is 53.8 Å². The number of amides is 2. The summed E-state index contributed by atoms with van der Waals surface area (Å²) in [5, 5.41) is -0.216. The lowest BCUT2D eigenvalue weighted by atomic mass is 10.1. The van der Waals surface area contributed by atoms with Crippen LogP contribution in [0, 0.1) is 0 Å². The number of hydrogen-bond acceptors (Lipinski definition) is 5. The molecular formula is C15H25NO4S. The van der Waals surface area contributed by atoms with Crippen molar-refractivity contribution >= 4 is 29.4 Å². The summed E-state index contributed by atoms with van der Waals surface area (Å²) in [6.45, 7) is 2.76. The van der Waals surface area contributed by atoms with E-state index in [0.29, 0.717) is 26.0 Å². The predicted octanol–water partition coefficient (Wildman–Crippen LogP) is 2.03. The Balaban J connectivity index is 2.24. The average Bonchev–Trinajstić information content (AvgIpc) is 2.70. The highest BCUT2D eigenvalue weighted by Crippen LogP contribution is 2.26. The Morgan fingerprint density at radius 1 is 1.29 bits per heavy atom. The number of rotatable bonds is 11. The summed E-state index contributed by atoms with van der Waals surface area (Å²) in [7, 11) is 1.66. The quantitative estimate of drug-likeness (QED) is 0.431. The number of ketones is 1. The highest BCUT2D eigenvalue weighted by Gasteiger charge is 2.37. The second-order valence-corrected chi connectivity index (χ2v) is 6.62. The van der Waals surface area contributed by atoms with Crippen LogP contribution >= 0.6 is 11.8 Å². The minimum absolute atomic E-state index is 0.0472. The van der Waals surface area contributed by atoms with E-state index in [1.54, 1.807) is 25.8 Å². The van der Waals surface area contributed by atoms with E-state index in [1.165, 1.54) is 4.90 Å². The Kier molecular flexibility index (Phi) is 8.61. The normalized spacial score (nSPS) is 18.6. The molecule has 0 N–H and O–H groups in total. The summed E-state index contributed by atoms with van der Waals surface area (Å²) < 4.78 is 4.97. The van der Waals surface area contributed by atoms with E-state index >= 15 is 0 Å². The zero-order chi connectivity index (χ0) is 15.7. The highest BCUT2D eigenvalue weighted by atomic mass is 32.2. The maximum atomic E-state index is 12.2. The molecule has 1 atom stereocenters. The number of imide groups is 1. The number of ether oxygens (including phenoxy) is 1. The van der Waals surface area contributed by atoms with Gasteiger partial charge in [-0.2, -0.15) is 0 Å². The molecule has 1 saturated heterocycles. The zero-order valence-corrected chi connectivity index (χ0v) is 13.7. The van der Waals surface area contributed by atoms with Crippen LogP contribution < -0.4 is 0 Å². The minimum Gasteiger partial charge on any atom is -0.385 e. The Hall–Kier alpha value is -0.880. The SMILES string of the molecule is COCCCSC1CC(=O)N(CCCCCC(C)=O)C1=O. The van der Waals surface area contributed by atoms with E-state index in [-0.39, 0.29) is 22.8 Å². The lowest BCUT2D eigenvalue weighted by molar-refractivity contribution is -0.138. The molecule has 120 valence electrons. The van der Waals surface area contributed by atoms with Crippen LogP contribution in [0.25, 0.3) is 0 Å². The molecule has 0 aromatic rings. The number of Topliss-reactive ketones (excluding diaryl/α,β-unsaturated/α-hetero) is 1. The van der Waals surface area contributed by atoms with Gasteiger partial charge < -0.3 is 9.53 Å². The first-order valence-electron chi connectivity index (χ1n) is 7.50. The molecule has 21 heavy (non-hydrogen) atoms. The molecule has 1 aliphatic heterocycles. The number of carbonyl (C=O) groups excluding carboxylic acids is 3. The molecule has 6 heteroatoms. The molecule has 0 bridgehead atoms. The lowest BCUT2D eigenvalue weighted by Gasteiger charge is -2.14. The molecule has 0 aliphatic carbocycles. The van der Waals surface area contributed by atoms with Gasteiger partial charge >= 0.3 is 0 Å². The fourth-order valence-electron chi connectivity index (χ4n) is 2.27. The van der Waals surface area contributed by atoms with Crippen molar-refractivity contribution in [3.05, 3.63) is 0 Å². The van der Waals surface area contributed by atoms with E-state index in [4.69, 9.17) is 4.74 Å². The highest BCUT2D eigenvalue weighted by molar-refractivity contribution is 8.00. The van der Waals surface area contributed by atoms with Gasteiger partial charge in [0.05, 0.1) is 5.25 Å². The van der Waals surface area contributed by atoms with Gasteiger partial charge in [0.2, 0.25) is 11.8 Å². The Morgan fingerprint density at radius 2 is 2.05 bits per heavy atom. The topological polar surface area (TPSA) is 63.7 Å². The molecule has 1 aliphatic rings. The van der Waals surface area contributed by atoms with Gasteiger partial charge in [0.15, 0.2) is 0 Å². The van der Waals surface area contributed by atoms with Gasteiger partial charge in [0, 0.05) is 33.1 Å². The molecule has 1 rings (SSSR count). The fraction of sp³-hybridized carbons (Fsp3) is 0.800. The maximum Gasteiger partial charge on any atom is 0.242 e. The number of likely N-dealkylation sites (tertiary alicyclic amines) is 1. The molecule has 1 heterocycles. The van der Waals surface area contributed by atoms with E-state index in [9.17, 15) is 14.4 Å². The third-order valence-electron chi connectivity index (χ3n) is 3.42. The molecule has 1 unspecified atom stereocenters. The van der Waals surface area contributed by atoms with Crippen molar-refractivity contribution in [1.29, 1.82) is 0 Å². The first kappa shape index (κ1) is 18.2. The molecule has 1 fully saturated rings. The van der Waals surface area contributed by atoms with Gasteiger partial charge in [-0.1, -0.05) is 6.42 Å². The molecule has 2 amide bonds. The molecule has 0 aromatic heterocycles. The molecule has 0 saturated carbocycles. The van der Waals surface area contributed by atoms with Crippen LogP contribution in [0.1, 0.15) is 45.4 Å². The number of nitrogens with zero attached hydrogens (tertiary/aromatic N) is 1. The summed E-state index contributed by atoms with van der Waals surface area (Å²) >= 11 is 1.55. The van der Waals surface area contributed by atoms with E-state index in [0.717, 1.165) is 31.4 Å². The third kappa shape index (κ3) is 6.61. The second kappa shape index (κ2) is 9.95. The van der Waals surface area contributed by atoms with Crippen LogP contribution in [0.4, 0.5) is 0 Å². The predicted molar refractivity (Wildman–Crippen MR) is 83.2 cm³/mol. The minimum atomic E-state index is -0.216. The Morgan fingerprint density at radius 3 is 2.71 bits per heavy atom. The second-order valence-electron chi connectivity index (χ2n) is 5.31. The van der Waals surface area contributed by atoms with Crippen LogP contribution in [0.2, 0.25) is 0 Å². The van der Waals surface area contributed by atoms with E-state index < -0.39 is 0 Å². The number of carbonyl (C=O) groups is 3. The van der Waals surface area contributed by atoms with Crippen molar-refractivity contribution in [3.63, 3.8) is 0 Å². The molecule has 0 spiro atoms. The van der Waals surface area contributed by atoms with Crippen molar-refractivity contribution in [2.45, 2.75) is 50.7 Å². The summed E-state index contributed by atoms with van der Waals surface area (Å²) in [4.78, 5) is 36.2. The van der Waals surface area contributed by atoms with Gasteiger partial charge in [-0.25, -0.2) is 0 Å². The van der Waals surface area contributed by atoms with Gasteiger partial charge in [-0.15, -0.1) is 11.8 Å². The van der Waals surface area contributed by atoms with E-state index in [1.807, 2.05) is 0 Å². The third-order valence-corrected chi connectivity index (χ3v) is 4.72. The summed E-state index contributed by atoms with van der Waals surface area (Å²) in [5.74, 6) is 0.921. The Bertz CT molecular complexity index is 373. The number of thioether (sulfide) groups is 1. The smallest absolute Gasteiger partial charge is 0.242 e. The van der Waals surface area contributed by atoms with Crippen molar-refractivity contribution in [2.75, 3.05) is 26.0 Å². The van der Waals surface area contributed by atoms with Crippen molar-refractivity contribution in [3.8, 4) is 0 Å². The van der Waals surface area contributed by atoms with E-state index in [2.05, 4.69) is 0 Å². The molecule has 0 radical (unpaired) electrons. The first-order chi connectivity index (χ1) is 10.1. The Labute approximate surface area is 130 Å². The molecule has 0 aromatic carbocycles. The fourth-order valence-corrected chi connectivity index (χ4v) is 3.37. The van der Waals surface area contributed by atoms with Crippen molar-refractivity contribution in [2.24, 2.45) is 0 Å².